The fourth-order valence-corrected chi connectivity index (χ4v) is 0.929. The summed E-state index contributed by atoms with van der Waals surface area (Å²) in [5, 5.41) is 0. The summed E-state index contributed by atoms with van der Waals surface area (Å²) < 4.78 is 0. The number of hydrogen-bond donors (Lipinski definition) is 0. The number of carbonyl (C=O) groups excluding carboxylic acids is 1. The van der Waals surface area contributed by atoms with Gasteiger partial charge in [0.15, 0.2) is 5.78 Å². The van der Waals surface area contributed by atoms with Gasteiger partial charge in [-0.3, -0.25) is 4.79 Å². The zero-order valence-corrected chi connectivity index (χ0v) is 6.21. The Kier molecular flexibility index (Phi) is 2.43. The summed E-state index contributed by atoms with van der Waals surface area (Å²) in [6.45, 7) is 2.11. The van der Waals surface area contributed by atoms with Crippen LogP contribution < -0.4 is 0 Å². The average Bonchev–Trinajstić information content (AvgIpc) is 1.90. The van der Waals surface area contributed by atoms with E-state index in [1.807, 2.05) is 12.2 Å². The number of hydrogen-bond acceptors (Lipinski definition) is 1. The van der Waals surface area contributed by atoms with E-state index in [2.05, 4.69) is 13.0 Å². The second kappa shape index (κ2) is 3.35. The lowest BCUT2D eigenvalue weighted by atomic mass is 10.0. The smallest absolute Gasteiger partial charge is 0.159 e. The van der Waals surface area contributed by atoms with Gasteiger partial charge in [0.1, 0.15) is 0 Å². The van der Waals surface area contributed by atoms with E-state index in [0.29, 0.717) is 12.3 Å². The molecule has 1 rings (SSSR count). The Hall–Kier alpha value is -0.850. The molecule has 1 aliphatic rings. The average molecular weight is 136 g/mol. The van der Waals surface area contributed by atoms with Gasteiger partial charge in [-0.2, -0.15) is 0 Å². The zero-order valence-electron chi connectivity index (χ0n) is 6.21. The molecule has 0 aromatic rings. The van der Waals surface area contributed by atoms with E-state index in [4.69, 9.17) is 0 Å². The van der Waals surface area contributed by atoms with E-state index in [1.165, 1.54) is 0 Å². The van der Waals surface area contributed by atoms with Crippen molar-refractivity contribution in [1.82, 2.24) is 0 Å². The Morgan fingerprint density at radius 2 is 2.30 bits per heavy atom. The van der Waals surface area contributed by atoms with E-state index >= 15 is 0 Å². The minimum atomic E-state index is 0.211. The summed E-state index contributed by atoms with van der Waals surface area (Å²) in [5.74, 6) is 0.725. The first-order chi connectivity index (χ1) is 4.79. The van der Waals surface area contributed by atoms with E-state index in [0.717, 1.165) is 6.42 Å². The Labute approximate surface area is 61.4 Å². The highest BCUT2D eigenvalue weighted by Crippen LogP contribution is 2.08. The molecule has 0 N–H and O–H groups in total. The normalized spacial score (nSPS) is 32.5. The first kappa shape index (κ1) is 7.26. The van der Waals surface area contributed by atoms with Gasteiger partial charge in [0, 0.05) is 6.42 Å². The van der Waals surface area contributed by atoms with Crippen LogP contribution in [-0.2, 0) is 4.79 Å². The monoisotopic (exact) mass is 136 g/mol. The van der Waals surface area contributed by atoms with Crippen LogP contribution in [0, 0.1) is 5.92 Å². The molecular weight excluding hydrogens is 124 g/mol. The molecule has 1 nitrogen and oxygen atoms in total. The van der Waals surface area contributed by atoms with Crippen LogP contribution in [0.25, 0.3) is 0 Å². The summed E-state index contributed by atoms with van der Waals surface area (Å²) in [5.41, 5.74) is 0. The molecule has 0 aromatic heterocycles. The van der Waals surface area contributed by atoms with Crippen molar-refractivity contribution in [3.05, 3.63) is 24.3 Å². The van der Waals surface area contributed by atoms with Gasteiger partial charge in [0.25, 0.3) is 0 Å². The molecule has 1 atom stereocenters. The van der Waals surface area contributed by atoms with Crippen LogP contribution in [0.3, 0.4) is 0 Å². The van der Waals surface area contributed by atoms with Gasteiger partial charge < -0.3 is 0 Å². The third kappa shape index (κ3) is 2.18. The van der Waals surface area contributed by atoms with Crippen molar-refractivity contribution in [3.8, 4) is 0 Å². The number of carbonyl (C=O) groups is 1. The molecule has 0 aliphatic heterocycles. The van der Waals surface area contributed by atoms with Gasteiger partial charge in [-0.25, -0.2) is 0 Å². The highest BCUT2D eigenvalue weighted by molar-refractivity contribution is 5.90. The molecular formula is C9H12O. The van der Waals surface area contributed by atoms with Crippen molar-refractivity contribution in [1.29, 1.82) is 0 Å². The number of allylic oxidation sites excluding steroid dienone is 4. The van der Waals surface area contributed by atoms with Crippen LogP contribution in [0.2, 0.25) is 0 Å². The summed E-state index contributed by atoms with van der Waals surface area (Å²) in [6.07, 6.45) is 9.32. The van der Waals surface area contributed by atoms with Gasteiger partial charge in [-0.1, -0.05) is 25.2 Å². The molecule has 0 bridgehead atoms. The van der Waals surface area contributed by atoms with Crippen molar-refractivity contribution in [2.24, 2.45) is 5.92 Å². The fourth-order valence-electron chi connectivity index (χ4n) is 0.929. The van der Waals surface area contributed by atoms with Crippen molar-refractivity contribution in [2.45, 2.75) is 19.8 Å². The van der Waals surface area contributed by atoms with Gasteiger partial charge in [-0.05, 0) is 18.4 Å². The second-order valence-electron chi connectivity index (χ2n) is 2.71. The van der Waals surface area contributed by atoms with Crippen LogP contribution in [0.5, 0.6) is 0 Å². The third-order valence-corrected chi connectivity index (χ3v) is 1.60. The van der Waals surface area contributed by atoms with E-state index in [1.54, 1.807) is 6.08 Å². The van der Waals surface area contributed by atoms with E-state index in [9.17, 15) is 4.79 Å². The largest absolute Gasteiger partial charge is 0.295 e. The van der Waals surface area contributed by atoms with Crippen molar-refractivity contribution in [3.63, 3.8) is 0 Å². The lowest BCUT2D eigenvalue weighted by molar-refractivity contribution is -0.113. The highest BCUT2D eigenvalue weighted by Gasteiger charge is 1.99. The quantitative estimate of drug-likeness (QED) is 0.466. The van der Waals surface area contributed by atoms with Crippen molar-refractivity contribution >= 4 is 5.78 Å². The molecule has 10 heavy (non-hydrogen) atoms. The molecule has 0 saturated heterocycles. The van der Waals surface area contributed by atoms with Crippen LogP contribution >= 0.6 is 0 Å². The van der Waals surface area contributed by atoms with Crippen molar-refractivity contribution < 1.29 is 4.79 Å². The first-order valence-corrected chi connectivity index (χ1v) is 3.65. The molecule has 54 valence electrons. The Balaban J connectivity index is 2.59. The summed E-state index contributed by atoms with van der Waals surface area (Å²) >= 11 is 0. The van der Waals surface area contributed by atoms with Gasteiger partial charge in [-0.15, -0.1) is 0 Å². The standard InChI is InChI=1S/C9H12O/c1-8-4-2-3-5-9(10)7-6-8/h2-3,6-8H,4-5H2,1H3/b3-2-,7-6-/t8-/m1/s1. The molecule has 0 saturated carbocycles. The molecule has 0 heterocycles. The number of ketones is 1. The van der Waals surface area contributed by atoms with Crippen LogP contribution in [0.4, 0.5) is 0 Å². The summed E-state index contributed by atoms with van der Waals surface area (Å²) in [7, 11) is 0. The minimum absolute atomic E-state index is 0.211. The minimum Gasteiger partial charge on any atom is -0.295 e. The van der Waals surface area contributed by atoms with E-state index < -0.39 is 0 Å². The van der Waals surface area contributed by atoms with Crippen molar-refractivity contribution in [2.75, 3.05) is 0 Å². The zero-order chi connectivity index (χ0) is 7.40. The third-order valence-electron chi connectivity index (χ3n) is 1.60. The molecule has 0 spiro atoms. The van der Waals surface area contributed by atoms with Gasteiger partial charge in [0.2, 0.25) is 0 Å². The van der Waals surface area contributed by atoms with Gasteiger partial charge >= 0.3 is 0 Å². The van der Waals surface area contributed by atoms with Crippen LogP contribution in [-0.4, -0.2) is 5.78 Å². The predicted octanol–water partition coefficient (Wildman–Crippen LogP) is 2.10. The maximum atomic E-state index is 10.8. The molecule has 1 heteroatoms. The predicted molar refractivity (Wildman–Crippen MR) is 41.7 cm³/mol. The van der Waals surface area contributed by atoms with Crippen LogP contribution in [0.15, 0.2) is 24.3 Å². The molecule has 0 fully saturated rings. The summed E-state index contributed by atoms with van der Waals surface area (Å²) in [4.78, 5) is 10.8. The lowest BCUT2D eigenvalue weighted by Crippen LogP contribution is -1.95. The molecule has 0 radical (unpaired) electrons. The highest BCUT2D eigenvalue weighted by atomic mass is 16.1. The fraction of sp³-hybridized carbons (Fsp3) is 0.444. The topological polar surface area (TPSA) is 17.1 Å². The lowest BCUT2D eigenvalue weighted by Gasteiger charge is -2.02. The maximum Gasteiger partial charge on any atom is 0.159 e. The Morgan fingerprint density at radius 3 is 3.10 bits per heavy atom. The molecule has 0 aromatic carbocycles. The van der Waals surface area contributed by atoms with Crippen LogP contribution in [0.1, 0.15) is 19.8 Å². The SMILES string of the molecule is C[C@H]1/C=C\C(=O)C/C=C\C1. The molecule has 1 aliphatic carbocycles. The maximum absolute atomic E-state index is 10.8. The Morgan fingerprint density at radius 1 is 1.50 bits per heavy atom. The Bertz CT molecular complexity index is 177. The molecule has 0 amide bonds. The van der Waals surface area contributed by atoms with E-state index in [-0.39, 0.29) is 5.78 Å². The van der Waals surface area contributed by atoms with Gasteiger partial charge in [0.05, 0.1) is 0 Å². The second-order valence-corrected chi connectivity index (χ2v) is 2.71. The molecule has 0 unspecified atom stereocenters. The number of rotatable bonds is 0. The first-order valence-electron chi connectivity index (χ1n) is 3.65. The summed E-state index contributed by atoms with van der Waals surface area (Å²) in [6, 6.07) is 0.